The van der Waals surface area contributed by atoms with Crippen LogP contribution in [0.15, 0.2) is 47.4 Å². The molecule has 1 aliphatic rings. The highest BCUT2D eigenvalue weighted by atomic mass is 32.2. The number of amides is 1. The number of piperazine rings is 1. The van der Waals surface area contributed by atoms with Crippen molar-refractivity contribution >= 4 is 15.9 Å². The second-order valence-corrected chi connectivity index (χ2v) is 8.69. The molecule has 1 saturated heterocycles. The minimum atomic E-state index is -4.82. The predicted molar refractivity (Wildman–Crippen MR) is 107 cm³/mol. The van der Waals surface area contributed by atoms with E-state index in [1.54, 1.807) is 6.07 Å². The van der Waals surface area contributed by atoms with Gasteiger partial charge in [0.2, 0.25) is 10.0 Å². The minimum Gasteiger partial charge on any atom is -0.497 e. The van der Waals surface area contributed by atoms with E-state index in [-0.39, 0.29) is 42.4 Å². The lowest BCUT2D eigenvalue weighted by atomic mass is 10.2. The fourth-order valence-corrected chi connectivity index (χ4v) is 4.83. The third kappa shape index (κ3) is 5.25. The average Bonchev–Trinajstić information content (AvgIpc) is 2.77. The third-order valence-corrected chi connectivity index (χ3v) is 6.77. The van der Waals surface area contributed by atoms with Gasteiger partial charge in [-0.05, 0) is 36.4 Å². The molecule has 0 unspecified atom stereocenters. The van der Waals surface area contributed by atoms with Crippen molar-refractivity contribution in [2.75, 3.05) is 40.4 Å². The summed E-state index contributed by atoms with van der Waals surface area (Å²) in [6.07, 6.45) is -4.82. The topological polar surface area (TPSA) is 85.4 Å². The van der Waals surface area contributed by atoms with Gasteiger partial charge in [-0.25, -0.2) is 8.42 Å². The number of carbonyl (C=O) groups is 1. The van der Waals surface area contributed by atoms with Crippen LogP contribution in [0.5, 0.6) is 17.2 Å². The Bertz CT molecular complexity index is 1070. The highest BCUT2D eigenvalue weighted by Crippen LogP contribution is 2.31. The lowest BCUT2D eigenvalue weighted by Gasteiger charge is -2.34. The summed E-state index contributed by atoms with van der Waals surface area (Å²) in [5, 5.41) is 0. The molecule has 32 heavy (non-hydrogen) atoms. The zero-order chi connectivity index (χ0) is 23.5. The Morgan fingerprint density at radius 1 is 0.906 bits per heavy atom. The second kappa shape index (κ2) is 9.25. The number of halogens is 3. The minimum absolute atomic E-state index is 0.0422. The van der Waals surface area contributed by atoms with Crippen LogP contribution in [-0.4, -0.2) is 70.3 Å². The Morgan fingerprint density at radius 3 is 2.03 bits per heavy atom. The SMILES string of the molecule is COc1ccc(OC)c(S(=O)(=O)N2CCN(C(=O)c3ccc(OC(F)(F)F)cc3)CC2)c1. The molecule has 1 heterocycles. The number of hydrogen-bond acceptors (Lipinski definition) is 6. The van der Waals surface area contributed by atoms with Crippen molar-refractivity contribution in [2.24, 2.45) is 0 Å². The lowest BCUT2D eigenvalue weighted by Crippen LogP contribution is -2.50. The maximum Gasteiger partial charge on any atom is 0.573 e. The van der Waals surface area contributed by atoms with E-state index < -0.39 is 28.0 Å². The maximum atomic E-state index is 13.1. The highest BCUT2D eigenvalue weighted by Gasteiger charge is 2.33. The molecule has 0 spiro atoms. The molecule has 3 rings (SSSR count). The largest absolute Gasteiger partial charge is 0.573 e. The molecular weight excluding hydrogens is 453 g/mol. The quantitative estimate of drug-likeness (QED) is 0.640. The van der Waals surface area contributed by atoms with Gasteiger partial charge >= 0.3 is 6.36 Å². The van der Waals surface area contributed by atoms with Gasteiger partial charge in [-0.2, -0.15) is 4.31 Å². The normalized spacial score (nSPS) is 15.3. The van der Waals surface area contributed by atoms with Gasteiger partial charge in [-0.3, -0.25) is 4.79 Å². The van der Waals surface area contributed by atoms with Crippen molar-refractivity contribution in [2.45, 2.75) is 11.3 Å². The first-order valence-corrected chi connectivity index (χ1v) is 10.9. The number of ether oxygens (including phenoxy) is 3. The summed E-state index contributed by atoms with van der Waals surface area (Å²) in [5.74, 6) is -0.321. The molecule has 0 aromatic heterocycles. The molecule has 0 radical (unpaired) electrons. The van der Waals surface area contributed by atoms with E-state index in [2.05, 4.69) is 4.74 Å². The predicted octanol–water partition coefficient (Wildman–Crippen LogP) is 2.75. The van der Waals surface area contributed by atoms with Gasteiger partial charge < -0.3 is 19.1 Å². The van der Waals surface area contributed by atoms with Crippen LogP contribution in [0.25, 0.3) is 0 Å². The van der Waals surface area contributed by atoms with Crippen molar-refractivity contribution in [1.29, 1.82) is 0 Å². The average molecular weight is 474 g/mol. The van der Waals surface area contributed by atoms with E-state index in [0.29, 0.717) is 5.75 Å². The fraction of sp³-hybridized carbons (Fsp3) is 0.350. The van der Waals surface area contributed by atoms with Crippen molar-refractivity contribution in [1.82, 2.24) is 9.21 Å². The second-order valence-electron chi connectivity index (χ2n) is 6.79. The molecule has 0 N–H and O–H groups in total. The van der Waals surface area contributed by atoms with Gasteiger partial charge in [-0.1, -0.05) is 0 Å². The van der Waals surface area contributed by atoms with Crippen molar-refractivity contribution in [3.8, 4) is 17.2 Å². The van der Waals surface area contributed by atoms with Gasteiger partial charge in [0.25, 0.3) is 5.91 Å². The smallest absolute Gasteiger partial charge is 0.497 e. The van der Waals surface area contributed by atoms with E-state index in [0.717, 1.165) is 12.1 Å². The maximum absolute atomic E-state index is 13.1. The Morgan fingerprint density at radius 2 is 1.50 bits per heavy atom. The number of benzene rings is 2. The standard InChI is InChI=1S/C20H21F3N2O6S/c1-29-16-7-8-17(30-2)18(13-16)32(27,28)25-11-9-24(10-12-25)19(26)14-3-5-15(6-4-14)31-20(21,22)23/h3-8,13H,9-12H2,1-2H3. The summed E-state index contributed by atoms with van der Waals surface area (Å²) in [4.78, 5) is 14.1. The first kappa shape index (κ1) is 23.7. The van der Waals surface area contributed by atoms with Gasteiger partial charge in [-0.15, -0.1) is 13.2 Å². The Balaban J connectivity index is 1.69. The molecular formula is C20H21F3N2O6S. The highest BCUT2D eigenvalue weighted by molar-refractivity contribution is 7.89. The number of methoxy groups -OCH3 is 2. The van der Waals surface area contributed by atoms with Gasteiger partial charge in [0.05, 0.1) is 14.2 Å². The molecule has 1 fully saturated rings. The molecule has 1 amide bonds. The summed E-state index contributed by atoms with van der Waals surface area (Å²) in [6.45, 7) is 0.323. The van der Waals surface area contributed by atoms with Crippen LogP contribution in [0.4, 0.5) is 13.2 Å². The first-order valence-electron chi connectivity index (χ1n) is 9.42. The van der Waals surface area contributed by atoms with Crippen molar-refractivity contribution in [3.63, 3.8) is 0 Å². The molecule has 1 aliphatic heterocycles. The van der Waals surface area contributed by atoms with E-state index >= 15 is 0 Å². The van der Waals surface area contributed by atoms with E-state index in [1.165, 1.54) is 47.7 Å². The number of carbonyl (C=O) groups excluding carboxylic acids is 1. The Hall–Kier alpha value is -2.99. The number of alkyl halides is 3. The van der Waals surface area contributed by atoms with Crippen LogP contribution in [0.1, 0.15) is 10.4 Å². The molecule has 174 valence electrons. The van der Waals surface area contributed by atoms with Crippen LogP contribution < -0.4 is 14.2 Å². The number of rotatable bonds is 6. The number of sulfonamides is 1. The van der Waals surface area contributed by atoms with E-state index in [4.69, 9.17) is 9.47 Å². The Labute approximate surface area is 183 Å². The molecule has 0 saturated carbocycles. The van der Waals surface area contributed by atoms with Crippen molar-refractivity contribution < 1.29 is 40.6 Å². The molecule has 2 aromatic carbocycles. The molecule has 0 aliphatic carbocycles. The zero-order valence-electron chi connectivity index (χ0n) is 17.3. The van der Waals surface area contributed by atoms with Crippen LogP contribution in [0.2, 0.25) is 0 Å². The van der Waals surface area contributed by atoms with Gasteiger partial charge in [0.1, 0.15) is 22.1 Å². The molecule has 8 nitrogen and oxygen atoms in total. The number of nitrogens with zero attached hydrogens (tertiary/aromatic N) is 2. The summed E-state index contributed by atoms with van der Waals surface area (Å²) in [5.41, 5.74) is 0.172. The molecule has 0 atom stereocenters. The molecule has 0 bridgehead atoms. The van der Waals surface area contributed by atoms with Crippen LogP contribution in [-0.2, 0) is 10.0 Å². The fourth-order valence-electron chi connectivity index (χ4n) is 3.24. The zero-order valence-corrected chi connectivity index (χ0v) is 18.1. The van der Waals surface area contributed by atoms with Gasteiger partial charge in [0.15, 0.2) is 0 Å². The van der Waals surface area contributed by atoms with Crippen LogP contribution >= 0.6 is 0 Å². The first-order chi connectivity index (χ1) is 15.0. The lowest BCUT2D eigenvalue weighted by molar-refractivity contribution is -0.274. The molecule has 12 heteroatoms. The van der Waals surface area contributed by atoms with Crippen LogP contribution in [0.3, 0.4) is 0 Å². The third-order valence-electron chi connectivity index (χ3n) is 4.85. The summed E-state index contributed by atoms with van der Waals surface area (Å²) >= 11 is 0. The summed E-state index contributed by atoms with van der Waals surface area (Å²) in [6, 6.07) is 9.02. The van der Waals surface area contributed by atoms with Crippen LogP contribution in [0, 0.1) is 0 Å². The van der Waals surface area contributed by atoms with Gasteiger partial charge in [0, 0.05) is 37.8 Å². The summed E-state index contributed by atoms with van der Waals surface area (Å²) in [7, 11) is -1.12. The summed E-state index contributed by atoms with van der Waals surface area (Å²) < 4.78 is 78.4. The van der Waals surface area contributed by atoms with Crippen molar-refractivity contribution in [3.05, 3.63) is 48.0 Å². The van der Waals surface area contributed by atoms with E-state index in [9.17, 15) is 26.4 Å². The monoisotopic (exact) mass is 474 g/mol. The van der Waals surface area contributed by atoms with E-state index in [1.807, 2.05) is 0 Å². The Kier molecular flexibility index (Phi) is 6.84. The molecule has 2 aromatic rings. The number of hydrogen-bond donors (Lipinski definition) is 0.